The lowest BCUT2D eigenvalue weighted by molar-refractivity contribution is -0.155. The van der Waals surface area contributed by atoms with E-state index >= 15 is 0 Å². The van der Waals surface area contributed by atoms with Crippen molar-refractivity contribution in [1.29, 1.82) is 0 Å². The predicted octanol–water partition coefficient (Wildman–Crippen LogP) is 16.7. The molecule has 0 aromatic carbocycles. The van der Waals surface area contributed by atoms with Gasteiger partial charge in [0.05, 0.1) is 0 Å². The van der Waals surface area contributed by atoms with E-state index in [1.807, 2.05) is 0 Å². The Hall–Kier alpha value is -1.36. The van der Waals surface area contributed by atoms with Gasteiger partial charge in [0.15, 0.2) is 0 Å². The lowest BCUT2D eigenvalue weighted by Gasteiger charge is -2.18. The van der Waals surface area contributed by atoms with Crippen molar-refractivity contribution in [2.24, 2.45) is 0 Å². The van der Waals surface area contributed by atoms with Gasteiger partial charge in [-0.05, 0) is 44.9 Å². The molecule has 0 aromatic heterocycles. The van der Waals surface area contributed by atoms with Crippen LogP contribution in [0.15, 0.2) is 12.2 Å². The van der Waals surface area contributed by atoms with E-state index in [0.29, 0.717) is 19.4 Å². The maximum absolute atomic E-state index is 12.6. The molecular weight excluding hydrogens is 693 g/mol. The van der Waals surface area contributed by atoms with Crippen molar-refractivity contribution in [3.63, 3.8) is 0 Å². The lowest BCUT2D eigenvalue weighted by Crippen LogP contribution is -2.29. The highest BCUT2D eigenvalue weighted by atomic mass is 16.6. The summed E-state index contributed by atoms with van der Waals surface area (Å²) in [6, 6.07) is 0. The molecule has 0 radical (unpaired) electrons. The number of allylic oxidation sites excluding steroid dienone is 2. The second-order valence-corrected chi connectivity index (χ2v) is 17.1. The van der Waals surface area contributed by atoms with E-state index in [1.54, 1.807) is 0 Å². The zero-order valence-electron chi connectivity index (χ0n) is 38.2. The zero-order chi connectivity index (χ0) is 40.7. The summed E-state index contributed by atoms with van der Waals surface area (Å²) in [5.74, 6) is -0.329. The normalized spacial score (nSPS) is 12.1. The smallest absolute Gasteiger partial charge is 0.305 e. The number of carbonyl (C=O) groups excluding carboxylic acids is 2. The molecule has 56 heavy (non-hydrogen) atoms. The van der Waals surface area contributed by atoms with Crippen LogP contribution in [0.4, 0.5) is 0 Å². The van der Waals surface area contributed by atoms with Crippen LogP contribution >= 0.6 is 0 Å². The highest BCUT2D eigenvalue weighted by Gasteiger charge is 2.16. The van der Waals surface area contributed by atoms with Gasteiger partial charge in [0.25, 0.3) is 0 Å². The standard InChI is InChI=1S/C51H98O5/c1-4-7-10-13-16-19-22-24-25-26-28-31-34-37-40-43-46-54-49(47-55-50(52)44-41-38-35-32-29-21-18-15-12-9-6-3)48-56-51(53)45-42-39-36-33-30-27-23-20-17-14-11-8-5-2/h20,23,49H,4-19,21-22,24-48H2,1-3H3/b23-20-/t49-/m0/s1. The van der Waals surface area contributed by atoms with E-state index < -0.39 is 6.10 Å². The van der Waals surface area contributed by atoms with Gasteiger partial charge in [-0.3, -0.25) is 9.59 Å². The number of ether oxygens (including phenoxy) is 3. The number of hydrogen-bond acceptors (Lipinski definition) is 5. The summed E-state index contributed by atoms with van der Waals surface area (Å²) in [6.45, 7) is 7.75. The van der Waals surface area contributed by atoms with Crippen molar-refractivity contribution in [1.82, 2.24) is 0 Å². The first kappa shape index (κ1) is 54.6. The van der Waals surface area contributed by atoms with E-state index in [2.05, 4.69) is 32.9 Å². The minimum absolute atomic E-state index is 0.161. The van der Waals surface area contributed by atoms with Gasteiger partial charge in [0.1, 0.15) is 19.3 Å². The second kappa shape index (κ2) is 48.0. The van der Waals surface area contributed by atoms with Crippen molar-refractivity contribution in [2.45, 2.75) is 284 Å². The van der Waals surface area contributed by atoms with Crippen LogP contribution in [0.3, 0.4) is 0 Å². The van der Waals surface area contributed by atoms with Crippen LogP contribution < -0.4 is 0 Å². The van der Waals surface area contributed by atoms with Gasteiger partial charge in [0, 0.05) is 19.4 Å². The van der Waals surface area contributed by atoms with Crippen molar-refractivity contribution in [3.05, 3.63) is 12.2 Å². The van der Waals surface area contributed by atoms with Crippen molar-refractivity contribution < 1.29 is 23.8 Å². The molecule has 332 valence electrons. The molecule has 0 saturated heterocycles. The summed E-state index contributed by atoms with van der Waals surface area (Å²) in [6.07, 6.45) is 53.7. The Labute approximate surface area is 350 Å². The Kier molecular flexibility index (Phi) is 46.8. The van der Waals surface area contributed by atoms with E-state index in [0.717, 1.165) is 44.9 Å². The topological polar surface area (TPSA) is 61.8 Å². The molecule has 5 nitrogen and oxygen atoms in total. The van der Waals surface area contributed by atoms with Crippen LogP contribution in [0.5, 0.6) is 0 Å². The van der Waals surface area contributed by atoms with Gasteiger partial charge in [-0.2, -0.15) is 0 Å². The van der Waals surface area contributed by atoms with Gasteiger partial charge in [-0.15, -0.1) is 0 Å². The number of unbranched alkanes of at least 4 members (excludes halogenated alkanes) is 34. The summed E-state index contributed by atoms with van der Waals surface area (Å²) in [5, 5.41) is 0. The van der Waals surface area contributed by atoms with Crippen LogP contribution in [-0.2, 0) is 23.8 Å². The van der Waals surface area contributed by atoms with Crippen LogP contribution in [-0.4, -0.2) is 37.9 Å². The highest BCUT2D eigenvalue weighted by Crippen LogP contribution is 2.16. The highest BCUT2D eigenvalue weighted by molar-refractivity contribution is 5.69. The average molecular weight is 791 g/mol. The lowest BCUT2D eigenvalue weighted by atomic mass is 10.0. The molecule has 0 aromatic rings. The minimum atomic E-state index is -0.392. The molecule has 0 aliphatic rings. The van der Waals surface area contributed by atoms with E-state index in [9.17, 15) is 9.59 Å². The molecular formula is C51H98O5. The summed E-state index contributed by atoms with van der Waals surface area (Å²) >= 11 is 0. The van der Waals surface area contributed by atoms with Gasteiger partial charge in [0.2, 0.25) is 0 Å². The quantitative estimate of drug-likeness (QED) is 0.0349. The number of carbonyl (C=O) groups is 2. The molecule has 0 N–H and O–H groups in total. The molecule has 0 fully saturated rings. The third-order valence-corrected chi connectivity index (χ3v) is 11.3. The average Bonchev–Trinajstić information content (AvgIpc) is 3.20. The molecule has 0 bridgehead atoms. The van der Waals surface area contributed by atoms with Gasteiger partial charge in [-0.25, -0.2) is 0 Å². The molecule has 0 unspecified atom stereocenters. The number of rotatable bonds is 47. The zero-order valence-corrected chi connectivity index (χ0v) is 38.2. The first-order valence-corrected chi connectivity index (χ1v) is 25.2. The Morgan fingerprint density at radius 1 is 0.357 bits per heavy atom. The maximum atomic E-state index is 12.6. The summed E-state index contributed by atoms with van der Waals surface area (Å²) in [7, 11) is 0. The van der Waals surface area contributed by atoms with Crippen molar-refractivity contribution in [3.8, 4) is 0 Å². The van der Waals surface area contributed by atoms with Crippen molar-refractivity contribution >= 4 is 11.9 Å². The first-order valence-electron chi connectivity index (χ1n) is 25.2. The molecule has 0 aliphatic carbocycles. The fourth-order valence-electron chi connectivity index (χ4n) is 7.48. The molecule has 5 heteroatoms. The van der Waals surface area contributed by atoms with Crippen LogP contribution in [0, 0.1) is 0 Å². The maximum Gasteiger partial charge on any atom is 0.305 e. The fraction of sp³-hybridized carbons (Fsp3) is 0.922. The monoisotopic (exact) mass is 791 g/mol. The van der Waals surface area contributed by atoms with Gasteiger partial charge < -0.3 is 14.2 Å². The SMILES string of the molecule is CCCCCC/C=C\CCCCCCCC(=O)OC[C@H](COC(=O)CCCCCCCCCCCCC)OCCCCCCCCCCCCCCCCCC. The van der Waals surface area contributed by atoms with Gasteiger partial charge in [-0.1, -0.05) is 232 Å². The molecule has 1 atom stereocenters. The van der Waals surface area contributed by atoms with E-state index in [1.165, 1.54) is 199 Å². The van der Waals surface area contributed by atoms with Crippen molar-refractivity contribution in [2.75, 3.05) is 19.8 Å². The van der Waals surface area contributed by atoms with Crippen LogP contribution in [0.25, 0.3) is 0 Å². The Bertz CT molecular complexity index is 810. The third kappa shape index (κ3) is 45.3. The Morgan fingerprint density at radius 3 is 0.964 bits per heavy atom. The van der Waals surface area contributed by atoms with Crippen LogP contribution in [0.2, 0.25) is 0 Å². The summed E-state index contributed by atoms with van der Waals surface area (Å²) in [4.78, 5) is 25.1. The number of hydrogen-bond donors (Lipinski definition) is 0. The van der Waals surface area contributed by atoms with Gasteiger partial charge >= 0.3 is 11.9 Å². The molecule has 0 amide bonds. The minimum Gasteiger partial charge on any atom is -0.463 e. The Morgan fingerprint density at radius 2 is 0.625 bits per heavy atom. The fourth-order valence-corrected chi connectivity index (χ4v) is 7.48. The molecule has 0 spiro atoms. The molecule has 0 heterocycles. The summed E-state index contributed by atoms with van der Waals surface area (Å²) in [5.41, 5.74) is 0. The molecule has 0 rings (SSSR count). The third-order valence-electron chi connectivity index (χ3n) is 11.3. The second-order valence-electron chi connectivity index (χ2n) is 17.1. The Balaban J connectivity index is 4.20. The first-order chi connectivity index (χ1) is 27.6. The van der Waals surface area contributed by atoms with E-state index in [-0.39, 0.29) is 25.2 Å². The largest absolute Gasteiger partial charge is 0.463 e. The van der Waals surface area contributed by atoms with E-state index in [4.69, 9.17) is 14.2 Å². The summed E-state index contributed by atoms with van der Waals surface area (Å²) < 4.78 is 17.4. The molecule has 0 saturated carbocycles. The predicted molar refractivity (Wildman–Crippen MR) is 242 cm³/mol. The number of esters is 2. The van der Waals surface area contributed by atoms with Crippen LogP contribution in [0.1, 0.15) is 278 Å². The molecule has 0 aliphatic heterocycles.